The Morgan fingerprint density at radius 3 is 1.54 bits per heavy atom. The summed E-state index contributed by atoms with van der Waals surface area (Å²) in [6.45, 7) is 4.69. The number of fused-ring (bicyclic) bond motifs is 9. The Morgan fingerprint density at radius 2 is 0.804 bits per heavy atom. The highest BCUT2D eigenvalue weighted by molar-refractivity contribution is 6.24. The van der Waals surface area contributed by atoms with Gasteiger partial charge in [0.05, 0.1) is 0 Å². The van der Waals surface area contributed by atoms with Crippen LogP contribution in [0.1, 0.15) is 25.0 Å². The molecule has 10 aromatic carbocycles. The molecule has 1 aliphatic rings. The number of anilines is 3. The van der Waals surface area contributed by atoms with Gasteiger partial charge >= 0.3 is 0 Å². The van der Waals surface area contributed by atoms with E-state index in [0.29, 0.717) is 0 Å². The summed E-state index contributed by atoms with van der Waals surface area (Å²) in [5, 5.41) is 10.2. The molecule has 1 nitrogen and oxygen atoms in total. The molecule has 0 N–H and O–H groups in total. The fraction of sp³-hybridized carbons (Fsp3) is 0.0545. The summed E-state index contributed by atoms with van der Waals surface area (Å²) in [5.74, 6) is 0. The molecular formula is C55H39N. The maximum absolute atomic E-state index is 2.41. The Hall–Kier alpha value is -6.96. The SMILES string of the molecule is CC1(C)c2ccccc2-c2cc(N(c3ccc(-c4cccc5ccccc45)cc3)c3ccc(-c4cccc5ccc6ccc7ccccc7c6c45)cc3)ccc21. The zero-order valence-electron chi connectivity index (χ0n) is 31.5. The molecule has 56 heavy (non-hydrogen) atoms. The molecule has 264 valence electrons. The van der Waals surface area contributed by atoms with Crippen LogP contribution in [0, 0.1) is 0 Å². The van der Waals surface area contributed by atoms with Gasteiger partial charge in [-0.3, -0.25) is 0 Å². The second kappa shape index (κ2) is 12.5. The van der Waals surface area contributed by atoms with Gasteiger partial charge in [-0.2, -0.15) is 0 Å². The van der Waals surface area contributed by atoms with Crippen LogP contribution in [0.25, 0.3) is 76.5 Å². The maximum atomic E-state index is 2.41. The first kappa shape index (κ1) is 32.5. The van der Waals surface area contributed by atoms with E-state index in [4.69, 9.17) is 0 Å². The van der Waals surface area contributed by atoms with E-state index in [0.717, 1.165) is 17.1 Å². The van der Waals surface area contributed by atoms with Gasteiger partial charge in [0.1, 0.15) is 0 Å². The Bertz CT molecular complexity index is 3140. The van der Waals surface area contributed by atoms with Gasteiger partial charge in [0.15, 0.2) is 0 Å². The molecule has 0 aliphatic heterocycles. The lowest BCUT2D eigenvalue weighted by atomic mass is 9.82. The maximum Gasteiger partial charge on any atom is 0.0468 e. The van der Waals surface area contributed by atoms with Crippen LogP contribution in [-0.2, 0) is 5.41 Å². The summed E-state index contributed by atoms with van der Waals surface area (Å²) in [4.78, 5) is 2.41. The van der Waals surface area contributed by atoms with E-state index in [1.807, 2.05) is 0 Å². The second-order valence-corrected chi connectivity index (χ2v) is 15.7. The molecule has 0 fully saturated rings. The largest absolute Gasteiger partial charge is 0.310 e. The minimum atomic E-state index is -0.0506. The van der Waals surface area contributed by atoms with Crippen molar-refractivity contribution in [2.45, 2.75) is 19.3 Å². The van der Waals surface area contributed by atoms with Gasteiger partial charge in [0, 0.05) is 22.5 Å². The van der Waals surface area contributed by atoms with Gasteiger partial charge in [0.25, 0.3) is 0 Å². The molecular weight excluding hydrogens is 675 g/mol. The fourth-order valence-electron chi connectivity index (χ4n) is 9.47. The van der Waals surface area contributed by atoms with Crippen molar-refractivity contribution in [3.63, 3.8) is 0 Å². The zero-order chi connectivity index (χ0) is 37.4. The summed E-state index contributed by atoms with van der Waals surface area (Å²) in [6, 6.07) is 74.0. The molecule has 0 heterocycles. The van der Waals surface area contributed by atoms with Crippen LogP contribution >= 0.6 is 0 Å². The Balaban J connectivity index is 1.06. The molecule has 0 saturated carbocycles. The third-order valence-corrected chi connectivity index (χ3v) is 12.2. The Kier molecular flexibility index (Phi) is 7.28. The minimum absolute atomic E-state index is 0.0506. The third-order valence-electron chi connectivity index (χ3n) is 12.2. The first-order chi connectivity index (χ1) is 27.5. The van der Waals surface area contributed by atoms with Gasteiger partial charge in [-0.1, -0.05) is 178 Å². The quantitative estimate of drug-likeness (QED) is 0.161. The lowest BCUT2D eigenvalue weighted by Gasteiger charge is -2.27. The van der Waals surface area contributed by atoms with Gasteiger partial charge in [0.2, 0.25) is 0 Å². The van der Waals surface area contributed by atoms with Crippen LogP contribution in [0.4, 0.5) is 17.1 Å². The second-order valence-electron chi connectivity index (χ2n) is 15.7. The summed E-state index contributed by atoms with van der Waals surface area (Å²) in [7, 11) is 0. The standard InChI is InChI=1S/C55H39N/c1-55(2)51-20-8-7-17-49(51)50-35-44(33-34-52(50)55)56(42-29-25-38(26-30-42)46-18-9-13-36-11-3-5-15-45(36)46)43-31-27-39(28-32-43)48-19-10-14-40-23-24-41-22-21-37-12-4-6-16-47(37)54(41)53(40)48/h3-35H,1-2H3. The fourth-order valence-corrected chi connectivity index (χ4v) is 9.47. The first-order valence-corrected chi connectivity index (χ1v) is 19.6. The van der Waals surface area contributed by atoms with Crippen molar-refractivity contribution in [2.24, 2.45) is 0 Å². The average Bonchev–Trinajstić information content (AvgIpc) is 3.49. The smallest absolute Gasteiger partial charge is 0.0468 e. The molecule has 0 saturated heterocycles. The summed E-state index contributed by atoms with van der Waals surface area (Å²) < 4.78 is 0. The number of hydrogen-bond donors (Lipinski definition) is 0. The van der Waals surface area contributed by atoms with Crippen molar-refractivity contribution >= 4 is 60.2 Å². The van der Waals surface area contributed by atoms with Crippen molar-refractivity contribution in [2.75, 3.05) is 4.90 Å². The normalized spacial score (nSPS) is 13.0. The van der Waals surface area contributed by atoms with Crippen molar-refractivity contribution in [3.8, 4) is 33.4 Å². The van der Waals surface area contributed by atoms with Gasteiger partial charge in [-0.05, 0) is 124 Å². The third kappa shape index (κ3) is 5.01. The monoisotopic (exact) mass is 713 g/mol. The van der Waals surface area contributed by atoms with E-state index in [1.54, 1.807) is 0 Å². The van der Waals surface area contributed by atoms with Crippen molar-refractivity contribution < 1.29 is 0 Å². The van der Waals surface area contributed by atoms with Crippen LogP contribution in [0.3, 0.4) is 0 Å². The lowest BCUT2D eigenvalue weighted by Crippen LogP contribution is -2.15. The molecule has 10 aromatic rings. The molecule has 0 spiro atoms. The van der Waals surface area contributed by atoms with E-state index in [2.05, 4.69) is 219 Å². The van der Waals surface area contributed by atoms with Crippen LogP contribution in [0.15, 0.2) is 200 Å². The van der Waals surface area contributed by atoms with Crippen LogP contribution in [0.5, 0.6) is 0 Å². The van der Waals surface area contributed by atoms with E-state index >= 15 is 0 Å². The van der Waals surface area contributed by atoms with E-state index < -0.39 is 0 Å². The molecule has 0 unspecified atom stereocenters. The summed E-state index contributed by atoms with van der Waals surface area (Å²) >= 11 is 0. The first-order valence-electron chi connectivity index (χ1n) is 19.6. The lowest BCUT2D eigenvalue weighted by molar-refractivity contribution is 0.660. The summed E-state index contributed by atoms with van der Waals surface area (Å²) in [5.41, 5.74) is 13.6. The van der Waals surface area contributed by atoms with Crippen molar-refractivity contribution in [1.29, 1.82) is 0 Å². The van der Waals surface area contributed by atoms with E-state index in [1.165, 1.54) is 87.6 Å². The topological polar surface area (TPSA) is 3.24 Å². The molecule has 0 radical (unpaired) electrons. The molecule has 1 aliphatic carbocycles. The predicted octanol–water partition coefficient (Wildman–Crippen LogP) is 15.4. The highest BCUT2D eigenvalue weighted by atomic mass is 15.1. The van der Waals surface area contributed by atoms with Crippen LogP contribution < -0.4 is 4.90 Å². The van der Waals surface area contributed by atoms with E-state index in [-0.39, 0.29) is 5.41 Å². The predicted molar refractivity (Wildman–Crippen MR) is 240 cm³/mol. The van der Waals surface area contributed by atoms with Gasteiger partial charge in [-0.15, -0.1) is 0 Å². The van der Waals surface area contributed by atoms with Gasteiger partial charge < -0.3 is 4.90 Å². The molecule has 0 atom stereocenters. The number of benzene rings is 10. The van der Waals surface area contributed by atoms with Crippen molar-refractivity contribution in [3.05, 3.63) is 211 Å². The number of rotatable bonds is 5. The number of nitrogens with zero attached hydrogens (tertiary/aromatic N) is 1. The average molecular weight is 714 g/mol. The number of hydrogen-bond acceptors (Lipinski definition) is 1. The summed E-state index contributed by atoms with van der Waals surface area (Å²) in [6.07, 6.45) is 0. The van der Waals surface area contributed by atoms with E-state index in [9.17, 15) is 0 Å². The highest BCUT2D eigenvalue weighted by Crippen LogP contribution is 2.51. The Labute approximate surface area is 327 Å². The minimum Gasteiger partial charge on any atom is -0.310 e. The molecule has 0 bridgehead atoms. The van der Waals surface area contributed by atoms with Crippen LogP contribution in [-0.4, -0.2) is 0 Å². The van der Waals surface area contributed by atoms with Crippen LogP contribution in [0.2, 0.25) is 0 Å². The molecule has 0 aromatic heterocycles. The zero-order valence-corrected chi connectivity index (χ0v) is 31.5. The molecule has 11 rings (SSSR count). The Morgan fingerprint density at radius 1 is 0.321 bits per heavy atom. The molecule has 1 heteroatoms. The van der Waals surface area contributed by atoms with Crippen molar-refractivity contribution in [1.82, 2.24) is 0 Å². The highest BCUT2D eigenvalue weighted by Gasteiger charge is 2.35. The molecule has 0 amide bonds. The van der Waals surface area contributed by atoms with Gasteiger partial charge in [-0.25, -0.2) is 0 Å².